The van der Waals surface area contributed by atoms with Crippen molar-refractivity contribution in [3.63, 3.8) is 0 Å². The van der Waals surface area contributed by atoms with Crippen molar-refractivity contribution in [2.45, 2.75) is 19.9 Å². The van der Waals surface area contributed by atoms with E-state index in [0.29, 0.717) is 6.54 Å². The number of anilines is 2. The second-order valence-electron chi connectivity index (χ2n) is 5.03. The fraction of sp³-hybridized carbons (Fsp3) is 0.500. The van der Waals surface area contributed by atoms with Gasteiger partial charge < -0.3 is 15.1 Å². The van der Waals surface area contributed by atoms with E-state index >= 15 is 0 Å². The normalized spacial score (nSPS) is 22.8. The van der Waals surface area contributed by atoms with Crippen LogP contribution in [0.1, 0.15) is 12.5 Å². The summed E-state index contributed by atoms with van der Waals surface area (Å²) in [5.74, 6) is 0.192. The van der Waals surface area contributed by atoms with E-state index in [1.807, 2.05) is 4.90 Å². The van der Waals surface area contributed by atoms with Gasteiger partial charge in [-0.1, -0.05) is 12.1 Å². The van der Waals surface area contributed by atoms with Gasteiger partial charge in [0.25, 0.3) is 0 Å². The summed E-state index contributed by atoms with van der Waals surface area (Å²) in [6.07, 6.45) is 0. The number of benzene rings is 1. The molecule has 1 unspecified atom stereocenters. The van der Waals surface area contributed by atoms with Crippen molar-refractivity contribution >= 4 is 17.3 Å². The van der Waals surface area contributed by atoms with Crippen molar-refractivity contribution in [1.82, 2.24) is 5.32 Å². The van der Waals surface area contributed by atoms with Gasteiger partial charge in [-0.05, 0) is 25.5 Å². The summed E-state index contributed by atoms with van der Waals surface area (Å²) in [6, 6.07) is 6.55. The Morgan fingerprint density at radius 3 is 3.06 bits per heavy atom. The third-order valence-corrected chi connectivity index (χ3v) is 3.90. The Balaban J connectivity index is 2.14. The van der Waals surface area contributed by atoms with Crippen LogP contribution in [0.4, 0.5) is 11.4 Å². The average Bonchev–Trinajstić information content (AvgIpc) is 2.38. The molecule has 0 aliphatic carbocycles. The monoisotopic (exact) mass is 245 g/mol. The number of amides is 1. The van der Waals surface area contributed by atoms with Crippen LogP contribution in [0.25, 0.3) is 0 Å². The van der Waals surface area contributed by atoms with Crippen LogP contribution in [0.5, 0.6) is 0 Å². The van der Waals surface area contributed by atoms with E-state index in [2.05, 4.69) is 42.3 Å². The zero-order valence-corrected chi connectivity index (χ0v) is 10.9. The maximum absolute atomic E-state index is 12.2. The zero-order valence-electron chi connectivity index (χ0n) is 10.9. The van der Waals surface area contributed by atoms with Crippen LogP contribution in [0.2, 0.25) is 0 Å². The largest absolute Gasteiger partial charge is 0.368 e. The molecule has 18 heavy (non-hydrogen) atoms. The summed E-state index contributed by atoms with van der Waals surface area (Å²) in [7, 11) is 0. The molecule has 4 heteroatoms. The van der Waals surface area contributed by atoms with Gasteiger partial charge in [0, 0.05) is 19.6 Å². The number of hydrogen-bond acceptors (Lipinski definition) is 3. The first-order valence-corrected chi connectivity index (χ1v) is 6.59. The molecule has 2 aliphatic heterocycles. The molecule has 0 saturated carbocycles. The van der Waals surface area contributed by atoms with E-state index < -0.39 is 0 Å². The van der Waals surface area contributed by atoms with E-state index in [0.717, 1.165) is 25.3 Å². The van der Waals surface area contributed by atoms with E-state index in [-0.39, 0.29) is 11.9 Å². The number of nitrogens with one attached hydrogen (secondary N) is 1. The molecule has 1 N–H and O–H groups in total. The van der Waals surface area contributed by atoms with Crippen molar-refractivity contribution < 1.29 is 4.79 Å². The van der Waals surface area contributed by atoms with Crippen molar-refractivity contribution in [3.05, 3.63) is 23.8 Å². The number of aryl methyl sites for hydroxylation is 1. The van der Waals surface area contributed by atoms with Crippen LogP contribution in [0.3, 0.4) is 0 Å². The van der Waals surface area contributed by atoms with Crippen LogP contribution < -0.4 is 15.1 Å². The number of rotatable bonds is 1. The second kappa shape index (κ2) is 4.28. The Kier molecular flexibility index (Phi) is 2.74. The van der Waals surface area contributed by atoms with Crippen molar-refractivity contribution in [3.8, 4) is 0 Å². The number of nitrogens with zero attached hydrogens (tertiary/aromatic N) is 2. The SMILES string of the molecule is CCN1CC2CNCC(=O)N2c2c(C)cccc21. The number of piperazine rings is 1. The molecule has 1 aromatic carbocycles. The molecule has 0 spiro atoms. The summed E-state index contributed by atoms with van der Waals surface area (Å²) in [6.45, 7) is 7.50. The third-order valence-electron chi connectivity index (χ3n) is 3.90. The molecule has 0 radical (unpaired) electrons. The maximum atomic E-state index is 12.2. The fourth-order valence-corrected chi connectivity index (χ4v) is 3.04. The van der Waals surface area contributed by atoms with Gasteiger partial charge >= 0.3 is 0 Å². The predicted octanol–water partition coefficient (Wildman–Crippen LogP) is 1.14. The Hall–Kier alpha value is -1.55. The minimum absolute atomic E-state index is 0.192. The lowest BCUT2D eigenvalue weighted by atomic mass is 10.0. The quantitative estimate of drug-likeness (QED) is 0.806. The van der Waals surface area contributed by atoms with Gasteiger partial charge in [0.1, 0.15) is 0 Å². The van der Waals surface area contributed by atoms with E-state index in [4.69, 9.17) is 0 Å². The topological polar surface area (TPSA) is 35.6 Å². The van der Waals surface area contributed by atoms with Gasteiger partial charge in [-0.25, -0.2) is 0 Å². The molecule has 1 amide bonds. The molecule has 0 aromatic heterocycles. The maximum Gasteiger partial charge on any atom is 0.241 e. The van der Waals surface area contributed by atoms with Crippen LogP contribution in [0.15, 0.2) is 18.2 Å². The van der Waals surface area contributed by atoms with Gasteiger partial charge in [-0.2, -0.15) is 0 Å². The third kappa shape index (κ3) is 1.60. The molecule has 0 bridgehead atoms. The molecular formula is C14H19N3O. The Bertz CT molecular complexity index is 486. The lowest BCUT2D eigenvalue weighted by Crippen LogP contribution is -2.61. The number of hydrogen-bond donors (Lipinski definition) is 1. The molecule has 2 heterocycles. The second-order valence-corrected chi connectivity index (χ2v) is 5.03. The van der Waals surface area contributed by atoms with Crippen LogP contribution in [-0.2, 0) is 4.79 Å². The first-order chi connectivity index (χ1) is 8.72. The smallest absolute Gasteiger partial charge is 0.241 e. The highest BCUT2D eigenvalue weighted by molar-refractivity contribution is 6.01. The molecule has 1 atom stereocenters. The van der Waals surface area contributed by atoms with Gasteiger partial charge in [-0.15, -0.1) is 0 Å². The summed E-state index contributed by atoms with van der Waals surface area (Å²) < 4.78 is 0. The first-order valence-electron chi connectivity index (χ1n) is 6.59. The molecule has 1 fully saturated rings. The number of para-hydroxylation sites is 1. The van der Waals surface area contributed by atoms with Gasteiger partial charge in [0.05, 0.1) is 24.0 Å². The highest BCUT2D eigenvalue weighted by Crippen LogP contribution is 2.38. The molecule has 3 rings (SSSR count). The van der Waals surface area contributed by atoms with Gasteiger partial charge in [-0.3, -0.25) is 4.79 Å². The van der Waals surface area contributed by atoms with Gasteiger partial charge in [0.15, 0.2) is 0 Å². The minimum Gasteiger partial charge on any atom is -0.368 e. The van der Waals surface area contributed by atoms with E-state index in [1.54, 1.807) is 0 Å². The fourth-order valence-electron chi connectivity index (χ4n) is 3.04. The molecule has 1 aromatic rings. The average molecular weight is 245 g/mol. The summed E-state index contributed by atoms with van der Waals surface area (Å²) in [5.41, 5.74) is 3.50. The van der Waals surface area contributed by atoms with Crippen molar-refractivity contribution in [2.75, 3.05) is 36.0 Å². The number of likely N-dealkylation sites (N-methyl/N-ethyl adjacent to an activating group) is 1. The van der Waals surface area contributed by atoms with E-state index in [9.17, 15) is 4.79 Å². The highest BCUT2D eigenvalue weighted by atomic mass is 16.2. The molecule has 2 aliphatic rings. The number of carbonyl (C=O) groups excluding carboxylic acids is 1. The summed E-state index contributed by atoms with van der Waals surface area (Å²) >= 11 is 0. The molecule has 96 valence electrons. The molecular weight excluding hydrogens is 226 g/mol. The first kappa shape index (κ1) is 11.5. The lowest BCUT2D eigenvalue weighted by Gasteiger charge is -2.46. The number of fused-ring (bicyclic) bond motifs is 3. The van der Waals surface area contributed by atoms with Crippen LogP contribution >= 0.6 is 0 Å². The number of carbonyl (C=O) groups is 1. The summed E-state index contributed by atoms with van der Waals surface area (Å²) in [4.78, 5) is 16.6. The standard InChI is InChI=1S/C14H19N3O/c1-3-16-9-11-7-15-8-13(18)17(11)14-10(2)5-4-6-12(14)16/h4-6,11,15H,3,7-9H2,1-2H3. The van der Waals surface area contributed by atoms with Crippen molar-refractivity contribution in [2.24, 2.45) is 0 Å². The zero-order chi connectivity index (χ0) is 12.7. The van der Waals surface area contributed by atoms with Crippen LogP contribution in [0, 0.1) is 6.92 Å². The Morgan fingerprint density at radius 1 is 1.44 bits per heavy atom. The highest BCUT2D eigenvalue weighted by Gasteiger charge is 2.37. The molecule has 4 nitrogen and oxygen atoms in total. The lowest BCUT2D eigenvalue weighted by molar-refractivity contribution is -0.119. The van der Waals surface area contributed by atoms with Crippen LogP contribution in [-0.4, -0.2) is 38.1 Å². The van der Waals surface area contributed by atoms with Crippen molar-refractivity contribution in [1.29, 1.82) is 0 Å². The Labute approximate surface area is 108 Å². The Morgan fingerprint density at radius 2 is 2.28 bits per heavy atom. The minimum atomic E-state index is 0.192. The predicted molar refractivity (Wildman–Crippen MR) is 73.2 cm³/mol. The summed E-state index contributed by atoms with van der Waals surface area (Å²) in [5, 5.41) is 3.21. The molecule has 1 saturated heterocycles. The van der Waals surface area contributed by atoms with E-state index in [1.165, 1.54) is 11.3 Å². The van der Waals surface area contributed by atoms with Gasteiger partial charge in [0.2, 0.25) is 5.91 Å².